The third-order valence-electron chi connectivity index (χ3n) is 4.47. The van der Waals surface area contributed by atoms with Crippen LogP contribution in [0.1, 0.15) is 18.1 Å². The van der Waals surface area contributed by atoms with Crippen LogP contribution in [0.15, 0.2) is 51.4 Å². The van der Waals surface area contributed by atoms with Gasteiger partial charge in [0.2, 0.25) is 5.91 Å². The Morgan fingerprint density at radius 1 is 1.30 bits per heavy atom. The predicted molar refractivity (Wildman–Crippen MR) is 117 cm³/mol. The zero-order chi connectivity index (χ0) is 21.7. The maximum Gasteiger partial charge on any atom is 0.330 e. The zero-order valence-electron chi connectivity index (χ0n) is 16.2. The highest BCUT2D eigenvalue weighted by atomic mass is 32.1. The second-order valence-corrected chi connectivity index (χ2v) is 7.32. The molecule has 1 aromatic carbocycles. The summed E-state index contributed by atoms with van der Waals surface area (Å²) < 4.78 is 1.26. The number of amides is 1. The fourth-order valence-electron chi connectivity index (χ4n) is 2.99. The van der Waals surface area contributed by atoms with Gasteiger partial charge in [-0.2, -0.15) is 5.26 Å². The van der Waals surface area contributed by atoms with Crippen molar-refractivity contribution in [1.82, 2.24) is 9.55 Å². The van der Waals surface area contributed by atoms with E-state index in [0.717, 1.165) is 5.56 Å². The smallest absolute Gasteiger partial charge is 0.330 e. The summed E-state index contributed by atoms with van der Waals surface area (Å²) in [4.78, 5) is 41.1. The number of hydrogen-bond donors (Lipinski definition) is 3. The lowest BCUT2D eigenvalue weighted by molar-refractivity contribution is -0.114. The van der Waals surface area contributed by atoms with Crippen molar-refractivity contribution in [3.63, 3.8) is 0 Å². The van der Waals surface area contributed by atoms with Gasteiger partial charge in [0.1, 0.15) is 22.6 Å². The number of benzene rings is 1. The molecule has 0 unspecified atom stereocenters. The Bertz CT molecular complexity index is 1210. The summed E-state index contributed by atoms with van der Waals surface area (Å²) >= 11 is 1.23. The maximum absolute atomic E-state index is 12.5. The highest BCUT2D eigenvalue weighted by Gasteiger charge is 2.21. The fraction of sp³-hybridized carbons (Fsp3) is 0.200. The molecule has 0 bridgehead atoms. The van der Waals surface area contributed by atoms with Crippen molar-refractivity contribution in [1.29, 1.82) is 5.26 Å². The van der Waals surface area contributed by atoms with Crippen LogP contribution in [0.3, 0.4) is 0 Å². The number of aromatic nitrogens is 2. The number of nitrogens with zero attached hydrogens (tertiary/aromatic N) is 3. The molecule has 3 aromatic rings. The molecule has 2 aromatic heterocycles. The molecule has 2 heterocycles. The second kappa shape index (κ2) is 9.11. The number of nitriles is 1. The van der Waals surface area contributed by atoms with Crippen LogP contribution < -0.4 is 27.2 Å². The maximum atomic E-state index is 12.5. The first kappa shape index (κ1) is 20.9. The molecule has 0 aliphatic heterocycles. The van der Waals surface area contributed by atoms with Gasteiger partial charge >= 0.3 is 5.69 Å². The molecule has 0 saturated heterocycles. The van der Waals surface area contributed by atoms with Crippen LogP contribution in [0.5, 0.6) is 0 Å². The van der Waals surface area contributed by atoms with E-state index >= 15 is 0 Å². The number of carbonyl (C=O) groups is 1. The van der Waals surface area contributed by atoms with Crippen molar-refractivity contribution >= 4 is 33.8 Å². The van der Waals surface area contributed by atoms with Crippen LogP contribution in [0.25, 0.3) is 0 Å². The van der Waals surface area contributed by atoms with Crippen LogP contribution in [-0.2, 0) is 11.3 Å². The summed E-state index contributed by atoms with van der Waals surface area (Å²) in [5.41, 5.74) is 6.17. The number of nitrogen functional groups attached to an aromatic ring is 1. The first-order valence-electron chi connectivity index (χ1n) is 9.13. The summed E-state index contributed by atoms with van der Waals surface area (Å²) in [5.74, 6) is -0.425. The van der Waals surface area contributed by atoms with Crippen molar-refractivity contribution in [2.45, 2.75) is 13.5 Å². The number of nitrogens with one attached hydrogen (secondary N) is 2. The first-order valence-corrected chi connectivity index (χ1v) is 10.0. The average molecular weight is 424 g/mol. The van der Waals surface area contributed by atoms with E-state index in [1.54, 1.807) is 18.4 Å². The van der Waals surface area contributed by atoms with Crippen LogP contribution in [0.2, 0.25) is 0 Å². The monoisotopic (exact) mass is 424 g/mol. The molecule has 0 saturated carbocycles. The third-order valence-corrected chi connectivity index (χ3v) is 5.30. The number of anilines is 3. The van der Waals surface area contributed by atoms with E-state index < -0.39 is 17.2 Å². The van der Waals surface area contributed by atoms with Crippen LogP contribution >= 0.6 is 11.3 Å². The van der Waals surface area contributed by atoms with Gasteiger partial charge in [-0.05, 0) is 23.9 Å². The molecule has 1 amide bonds. The summed E-state index contributed by atoms with van der Waals surface area (Å²) in [6.45, 7) is 2.08. The Labute approximate surface area is 176 Å². The minimum Gasteiger partial charge on any atom is -0.383 e. The van der Waals surface area contributed by atoms with Gasteiger partial charge in [0.25, 0.3) is 5.56 Å². The number of H-pyrrole nitrogens is 1. The quantitative estimate of drug-likeness (QED) is 0.526. The van der Waals surface area contributed by atoms with Crippen molar-refractivity contribution in [3.8, 4) is 6.07 Å². The minimum absolute atomic E-state index is 0.0175. The molecule has 4 N–H and O–H groups in total. The molecule has 10 heteroatoms. The highest BCUT2D eigenvalue weighted by Crippen LogP contribution is 2.22. The number of aromatic amines is 1. The van der Waals surface area contributed by atoms with Crippen LogP contribution in [0.4, 0.5) is 16.5 Å². The minimum atomic E-state index is -0.662. The molecule has 154 valence electrons. The molecule has 30 heavy (non-hydrogen) atoms. The van der Waals surface area contributed by atoms with Crippen molar-refractivity contribution in [3.05, 3.63) is 73.7 Å². The van der Waals surface area contributed by atoms with Crippen molar-refractivity contribution in [2.75, 3.05) is 29.0 Å². The highest BCUT2D eigenvalue weighted by molar-refractivity contribution is 7.14. The SMILES string of the molecule is CCN(CC(=O)Nc1sccc1C#N)c1c(N)n(Cc2ccccc2)c(=O)[nH]c1=O. The number of hydrogen-bond acceptors (Lipinski definition) is 7. The Kier molecular flexibility index (Phi) is 6.34. The zero-order valence-corrected chi connectivity index (χ0v) is 17.0. The second-order valence-electron chi connectivity index (χ2n) is 6.40. The molecule has 3 rings (SSSR count). The molecule has 0 aliphatic carbocycles. The Morgan fingerprint density at radius 2 is 2.03 bits per heavy atom. The Morgan fingerprint density at radius 3 is 2.70 bits per heavy atom. The normalized spacial score (nSPS) is 10.4. The largest absolute Gasteiger partial charge is 0.383 e. The summed E-state index contributed by atoms with van der Waals surface area (Å²) in [5, 5.41) is 13.9. The lowest BCUT2D eigenvalue weighted by Crippen LogP contribution is -2.41. The van der Waals surface area contributed by atoms with E-state index in [1.165, 1.54) is 20.8 Å². The van der Waals surface area contributed by atoms with Crippen LogP contribution in [0, 0.1) is 11.3 Å². The predicted octanol–water partition coefficient (Wildman–Crippen LogP) is 1.57. The van der Waals surface area contributed by atoms with E-state index in [0.29, 0.717) is 17.1 Å². The Balaban J connectivity index is 1.89. The molecule has 0 fully saturated rings. The number of rotatable bonds is 7. The Hall–Kier alpha value is -3.84. The molecule has 0 atom stereocenters. The van der Waals surface area contributed by atoms with Crippen molar-refractivity contribution in [2.24, 2.45) is 0 Å². The number of carbonyl (C=O) groups excluding carboxylic acids is 1. The molecule has 0 aliphatic rings. The van der Waals surface area contributed by atoms with E-state index in [-0.39, 0.29) is 24.6 Å². The van der Waals surface area contributed by atoms with Gasteiger partial charge < -0.3 is 16.0 Å². The summed E-state index contributed by atoms with van der Waals surface area (Å²) in [6, 6.07) is 12.8. The van der Waals surface area contributed by atoms with Gasteiger partial charge in [-0.15, -0.1) is 11.3 Å². The average Bonchev–Trinajstić information content (AvgIpc) is 3.17. The van der Waals surface area contributed by atoms with Gasteiger partial charge in [-0.3, -0.25) is 19.1 Å². The van der Waals surface area contributed by atoms with Gasteiger partial charge in [0.05, 0.1) is 18.7 Å². The van der Waals surface area contributed by atoms with E-state index in [1.807, 2.05) is 36.4 Å². The summed E-state index contributed by atoms with van der Waals surface area (Å²) in [6.07, 6.45) is 0. The number of nitrogens with two attached hydrogens (primary N) is 1. The van der Waals surface area contributed by atoms with Gasteiger partial charge in [-0.1, -0.05) is 30.3 Å². The van der Waals surface area contributed by atoms with Crippen molar-refractivity contribution < 1.29 is 4.79 Å². The third kappa shape index (κ3) is 4.42. The lowest BCUT2D eigenvalue weighted by atomic mass is 10.2. The molecule has 0 spiro atoms. The summed E-state index contributed by atoms with van der Waals surface area (Å²) in [7, 11) is 0. The number of likely N-dealkylation sites (N-methyl/N-ethyl adjacent to an activating group) is 1. The van der Waals surface area contributed by atoms with E-state index in [9.17, 15) is 14.4 Å². The first-order chi connectivity index (χ1) is 14.4. The molecule has 0 radical (unpaired) electrons. The van der Waals surface area contributed by atoms with E-state index in [2.05, 4.69) is 10.3 Å². The van der Waals surface area contributed by atoms with Crippen LogP contribution in [-0.4, -0.2) is 28.5 Å². The van der Waals surface area contributed by atoms with E-state index in [4.69, 9.17) is 11.0 Å². The van der Waals surface area contributed by atoms with Gasteiger partial charge in [0.15, 0.2) is 0 Å². The number of thiophene rings is 1. The molecule has 9 nitrogen and oxygen atoms in total. The fourth-order valence-corrected chi connectivity index (χ4v) is 3.74. The van der Waals surface area contributed by atoms with Gasteiger partial charge in [0, 0.05) is 6.54 Å². The molecular formula is C20H20N6O3S. The standard InChI is InChI=1S/C20H20N6O3S/c1-2-25(12-15(27)23-19-14(10-21)8-9-30-19)16-17(22)26(20(29)24-18(16)28)11-13-6-4-3-5-7-13/h3-9H,2,11-12,22H2,1H3,(H,23,27)(H,24,28,29). The van der Waals surface area contributed by atoms with Gasteiger partial charge in [-0.25, -0.2) is 4.79 Å². The molecular weight excluding hydrogens is 404 g/mol. The lowest BCUT2D eigenvalue weighted by Gasteiger charge is -2.24. The topological polar surface area (TPSA) is 137 Å².